The molecule has 2 saturated carbocycles. The average molecular weight is 284 g/mol. The largest absolute Gasteiger partial charge is 0.313 e. The van der Waals surface area contributed by atoms with Crippen LogP contribution in [-0.2, 0) is 13.1 Å². The molecule has 2 heteroatoms. The minimum atomic E-state index is 0.545. The van der Waals surface area contributed by atoms with E-state index in [1.807, 2.05) is 0 Å². The van der Waals surface area contributed by atoms with Gasteiger partial charge in [-0.1, -0.05) is 43.5 Å². The first-order valence-electron chi connectivity index (χ1n) is 8.86. The molecular formula is C19H28N2. The topological polar surface area (TPSA) is 15.3 Å². The second-order valence-electron chi connectivity index (χ2n) is 7.63. The zero-order chi connectivity index (χ0) is 14.1. The molecule has 0 unspecified atom stereocenters. The summed E-state index contributed by atoms with van der Waals surface area (Å²) in [6, 6.07) is 9.84. The Balaban J connectivity index is 1.42. The van der Waals surface area contributed by atoms with E-state index in [-0.39, 0.29) is 0 Å². The van der Waals surface area contributed by atoms with Crippen LogP contribution < -0.4 is 5.32 Å². The van der Waals surface area contributed by atoms with E-state index < -0.39 is 0 Å². The first-order chi connectivity index (χ1) is 10.3. The zero-order valence-electron chi connectivity index (χ0n) is 13.1. The van der Waals surface area contributed by atoms with Crippen molar-refractivity contribution in [2.75, 3.05) is 13.1 Å². The first-order valence-corrected chi connectivity index (χ1v) is 8.86. The molecule has 0 radical (unpaired) electrons. The Labute approximate surface area is 128 Å². The molecule has 0 atom stereocenters. The van der Waals surface area contributed by atoms with Gasteiger partial charge in [0.2, 0.25) is 0 Å². The van der Waals surface area contributed by atoms with Crippen LogP contribution in [0.4, 0.5) is 0 Å². The van der Waals surface area contributed by atoms with Gasteiger partial charge in [0.15, 0.2) is 0 Å². The van der Waals surface area contributed by atoms with Gasteiger partial charge in [-0.2, -0.15) is 0 Å². The third kappa shape index (κ3) is 3.17. The highest BCUT2D eigenvalue weighted by atomic mass is 15.2. The van der Waals surface area contributed by atoms with Gasteiger partial charge >= 0.3 is 0 Å². The predicted octanol–water partition coefficient (Wildman–Crippen LogP) is 3.70. The maximum absolute atomic E-state index is 3.84. The molecular weight excluding hydrogens is 256 g/mol. The van der Waals surface area contributed by atoms with Gasteiger partial charge in [0.25, 0.3) is 0 Å². The van der Waals surface area contributed by atoms with Crippen molar-refractivity contribution in [2.24, 2.45) is 5.41 Å². The number of rotatable bonds is 5. The minimum absolute atomic E-state index is 0.545. The van der Waals surface area contributed by atoms with Crippen LogP contribution in [0.1, 0.15) is 56.1 Å². The predicted molar refractivity (Wildman–Crippen MR) is 87.1 cm³/mol. The molecule has 0 amide bonds. The van der Waals surface area contributed by atoms with Crippen LogP contribution in [0.5, 0.6) is 0 Å². The summed E-state index contributed by atoms with van der Waals surface area (Å²) in [5.74, 6) is 0. The molecule has 1 aromatic rings. The highest BCUT2D eigenvalue weighted by molar-refractivity contribution is 5.30. The number of hydrogen-bond donors (Lipinski definition) is 1. The van der Waals surface area contributed by atoms with Crippen LogP contribution in [-0.4, -0.2) is 24.0 Å². The zero-order valence-corrected chi connectivity index (χ0v) is 13.1. The van der Waals surface area contributed by atoms with E-state index in [9.17, 15) is 0 Å². The molecule has 21 heavy (non-hydrogen) atoms. The molecule has 1 N–H and O–H groups in total. The van der Waals surface area contributed by atoms with Crippen LogP contribution in [0.25, 0.3) is 0 Å². The summed E-state index contributed by atoms with van der Waals surface area (Å²) in [4.78, 5) is 2.70. The Bertz CT molecular complexity index is 461. The molecule has 2 fully saturated rings. The highest BCUT2D eigenvalue weighted by Crippen LogP contribution is 2.39. The van der Waals surface area contributed by atoms with E-state index in [2.05, 4.69) is 34.5 Å². The van der Waals surface area contributed by atoms with Crippen molar-refractivity contribution in [1.82, 2.24) is 10.2 Å². The van der Waals surface area contributed by atoms with Gasteiger partial charge in [-0.05, 0) is 42.2 Å². The number of nitrogens with one attached hydrogen (secondary N) is 1. The third-order valence-corrected chi connectivity index (χ3v) is 5.72. The number of hydrogen-bond acceptors (Lipinski definition) is 2. The summed E-state index contributed by atoms with van der Waals surface area (Å²) in [5.41, 5.74) is 3.65. The number of fused-ring (bicyclic) bond motifs is 1. The lowest BCUT2D eigenvalue weighted by molar-refractivity contribution is 0.100. The molecule has 1 aliphatic heterocycles. The van der Waals surface area contributed by atoms with Gasteiger partial charge in [0, 0.05) is 32.2 Å². The summed E-state index contributed by atoms with van der Waals surface area (Å²) in [7, 11) is 0. The maximum Gasteiger partial charge on any atom is 0.0240 e. The smallest absolute Gasteiger partial charge is 0.0240 e. The quantitative estimate of drug-likeness (QED) is 0.887. The Morgan fingerprint density at radius 2 is 1.67 bits per heavy atom. The highest BCUT2D eigenvalue weighted by Gasteiger charge is 2.36. The Morgan fingerprint density at radius 3 is 2.29 bits per heavy atom. The molecule has 0 aromatic heterocycles. The summed E-state index contributed by atoms with van der Waals surface area (Å²) < 4.78 is 0. The van der Waals surface area contributed by atoms with E-state index in [0.29, 0.717) is 5.41 Å². The second kappa shape index (κ2) is 5.73. The Kier molecular flexibility index (Phi) is 3.76. The lowest BCUT2D eigenvalue weighted by Gasteiger charge is -2.40. The van der Waals surface area contributed by atoms with Crippen LogP contribution in [0.15, 0.2) is 24.3 Å². The lowest BCUT2D eigenvalue weighted by atomic mass is 9.73. The van der Waals surface area contributed by atoms with E-state index in [1.54, 1.807) is 11.1 Å². The van der Waals surface area contributed by atoms with Crippen molar-refractivity contribution in [3.8, 4) is 0 Å². The van der Waals surface area contributed by atoms with E-state index in [1.165, 1.54) is 71.1 Å². The molecule has 3 aliphatic rings. The molecule has 0 bridgehead atoms. The van der Waals surface area contributed by atoms with Crippen molar-refractivity contribution in [3.63, 3.8) is 0 Å². The third-order valence-electron chi connectivity index (χ3n) is 5.72. The fraction of sp³-hybridized carbons (Fsp3) is 0.684. The summed E-state index contributed by atoms with van der Waals surface area (Å²) >= 11 is 0. The van der Waals surface area contributed by atoms with Gasteiger partial charge in [-0.3, -0.25) is 4.90 Å². The fourth-order valence-corrected chi connectivity index (χ4v) is 4.33. The number of benzene rings is 1. The molecule has 2 nitrogen and oxygen atoms in total. The Morgan fingerprint density at radius 1 is 1.00 bits per heavy atom. The van der Waals surface area contributed by atoms with Gasteiger partial charge in [-0.15, -0.1) is 0 Å². The van der Waals surface area contributed by atoms with Gasteiger partial charge in [0.1, 0.15) is 0 Å². The van der Waals surface area contributed by atoms with E-state index in [0.717, 1.165) is 6.04 Å². The average Bonchev–Trinajstić information content (AvgIpc) is 3.25. The standard InChI is InChI=1S/C19H28N2/c1-4-10-19(11-5-1,14-20-18-8-9-18)15-21-12-16-6-2-3-7-17(16)13-21/h2-3,6-7,18,20H,1,4-5,8-15H2. The Hall–Kier alpha value is -0.860. The molecule has 1 aromatic carbocycles. The van der Waals surface area contributed by atoms with Crippen molar-refractivity contribution in [3.05, 3.63) is 35.4 Å². The van der Waals surface area contributed by atoms with Crippen molar-refractivity contribution >= 4 is 0 Å². The molecule has 4 rings (SSSR count). The lowest BCUT2D eigenvalue weighted by Crippen LogP contribution is -2.44. The fourth-order valence-electron chi connectivity index (χ4n) is 4.33. The van der Waals surface area contributed by atoms with Gasteiger partial charge < -0.3 is 5.32 Å². The van der Waals surface area contributed by atoms with Crippen molar-refractivity contribution in [2.45, 2.75) is 64.1 Å². The monoisotopic (exact) mass is 284 g/mol. The van der Waals surface area contributed by atoms with E-state index >= 15 is 0 Å². The SMILES string of the molecule is c1ccc2c(c1)CN(CC1(CNC3CC3)CCCCC1)C2. The normalized spacial score (nSPS) is 25.0. The van der Waals surface area contributed by atoms with Gasteiger partial charge in [-0.25, -0.2) is 0 Å². The molecule has 2 aliphatic carbocycles. The van der Waals surface area contributed by atoms with Crippen LogP contribution >= 0.6 is 0 Å². The van der Waals surface area contributed by atoms with Crippen LogP contribution in [0, 0.1) is 5.41 Å². The molecule has 114 valence electrons. The summed E-state index contributed by atoms with van der Waals surface area (Å²) in [5, 5.41) is 3.84. The molecule has 0 spiro atoms. The van der Waals surface area contributed by atoms with Crippen LogP contribution in [0.3, 0.4) is 0 Å². The summed E-state index contributed by atoms with van der Waals surface area (Å²) in [6.45, 7) is 4.88. The summed E-state index contributed by atoms with van der Waals surface area (Å²) in [6.07, 6.45) is 10.0. The molecule has 0 saturated heterocycles. The van der Waals surface area contributed by atoms with Gasteiger partial charge in [0.05, 0.1) is 0 Å². The maximum atomic E-state index is 3.84. The first kappa shape index (κ1) is 13.8. The second-order valence-corrected chi connectivity index (χ2v) is 7.63. The minimum Gasteiger partial charge on any atom is -0.313 e. The number of nitrogens with zero attached hydrogens (tertiary/aromatic N) is 1. The molecule has 1 heterocycles. The van der Waals surface area contributed by atoms with E-state index in [4.69, 9.17) is 0 Å². The van der Waals surface area contributed by atoms with Crippen molar-refractivity contribution in [1.29, 1.82) is 0 Å². The van der Waals surface area contributed by atoms with Crippen LogP contribution in [0.2, 0.25) is 0 Å². The van der Waals surface area contributed by atoms with Crippen molar-refractivity contribution < 1.29 is 0 Å².